The van der Waals surface area contributed by atoms with Gasteiger partial charge in [-0.15, -0.1) is 11.6 Å². The number of sulfone groups is 1. The van der Waals surface area contributed by atoms with Crippen molar-refractivity contribution in [3.05, 3.63) is 70.2 Å². The fourth-order valence-electron chi connectivity index (χ4n) is 3.14. The van der Waals surface area contributed by atoms with E-state index in [-0.39, 0.29) is 30.1 Å². The van der Waals surface area contributed by atoms with Crippen LogP contribution in [0.1, 0.15) is 36.4 Å². The molecule has 1 aromatic heterocycles. The molecule has 33 heavy (non-hydrogen) atoms. The minimum Gasteiger partial charge on any atom is -0.489 e. The molecule has 0 fully saturated rings. The molecule has 2 aromatic carbocycles. The van der Waals surface area contributed by atoms with Gasteiger partial charge in [0.1, 0.15) is 18.4 Å². The number of hydrogen-bond donors (Lipinski definition) is 0. The molecule has 0 spiro atoms. The number of halogens is 2. The van der Waals surface area contributed by atoms with Crippen LogP contribution in [0, 0.1) is 11.3 Å². The highest BCUT2D eigenvalue weighted by Crippen LogP contribution is 2.38. The zero-order valence-electron chi connectivity index (χ0n) is 18.3. The zero-order chi connectivity index (χ0) is 24.2. The third-order valence-electron chi connectivity index (χ3n) is 5.05. The molecule has 1 heterocycles. The van der Waals surface area contributed by atoms with Crippen molar-refractivity contribution in [3.63, 3.8) is 0 Å². The molecule has 3 rings (SSSR count). The Bertz CT molecular complexity index is 1280. The minimum absolute atomic E-state index is 0.0108. The smallest absolute Gasteiger partial charge is 0.238 e. The highest BCUT2D eigenvalue weighted by atomic mass is 35.5. The van der Waals surface area contributed by atoms with Gasteiger partial charge in [-0.1, -0.05) is 37.6 Å². The Balaban J connectivity index is 1.77. The summed E-state index contributed by atoms with van der Waals surface area (Å²) in [5.74, 6) is 1.34. The van der Waals surface area contributed by atoms with Crippen molar-refractivity contribution in [3.8, 4) is 17.6 Å². The van der Waals surface area contributed by atoms with Gasteiger partial charge in [0, 0.05) is 11.7 Å². The van der Waals surface area contributed by atoms with Crippen molar-refractivity contribution in [2.75, 3.05) is 18.7 Å². The first-order valence-corrected chi connectivity index (χ1v) is 12.7. The van der Waals surface area contributed by atoms with Crippen molar-refractivity contribution >= 4 is 33.0 Å². The first-order valence-electron chi connectivity index (χ1n) is 9.87. The Hall–Kier alpha value is -2.73. The summed E-state index contributed by atoms with van der Waals surface area (Å²) in [6, 6.07) is 13.1. The maximum absolute atomic E-state index is 11.5. The number of nitriles is 1. The molecule has 0 aliphatic carbocycles. The van der Waals surface area contributed by atoms with Crippen molar-refractivity contribution in [1.82, 2.24) is 4.98 Å². The number of aromatic nitrogens is 1. The van der Waals surface area contributed by atoms with E-state index in [1.54, 1.807) is 24.3 Å². The monoisotopic (exact) mass is 508 g/mol. The van der Waals surface area contributed by atoms with E-state index in [4.69, 9.17) is 37.1 Å². The lowest BCUT2D eigenvalue weighted by Gasteiger charge is -2.27. The molecule has 0 unspecified atom stereocenters. The van der Waals surface area contributed by atoms with Gasteiger partial charge in [-0.3, -0.25) is 0 Å². The quantitative estimate of drug-likeness (QED) is 0.369. The molecule has 0 amide bonds. The summed E-state index contributed by atoms with van der Waals surface area (Å²) in [6.45, 7) is 4.29. The number of ether oxygens (including phenoxy) is 2. The van der Waals surface area contributed by atoms with Crippen LogP contribution in [0.2, 0.25) is 5.02 Å². The van der Waals surface area contributed by atoms with Crippen LogP contribution in [-0.4, -0.2) is 32.1 Å². The molecule has 0 bridgehead atoms. The summed E-state index contributed by atoms with van der Waals surface area (Å²) in [7, 11) is -3.46. The van der Waals surface area contributed by atoms with Gasteiger partial charge in [-0.05, 0) is 35.4 Å². The van der Waals surface area contributed by atoms with E-state index in [0.717, 1.165) is 23.6 Å². The van der Waals surface area contributed by atoms with Gasteiger partial charge in [0.15, 0.2) is 12.4 Å². The third-order valence-corrected chi connectivity index (χ3v) is 6.40. The van der Waals surface area contributed by atoms with E-state index in [1.807, 2.05) is 26.0 Å². The number of hydrogen-bond acceptors (Lipinski definition) is 7. The normalized spacial score (nSPS) is 11.8. The second-order valence-electron chi connectivity index (χ2n) is 7.77. The molecule has 0 atom stereocenters. The number of oxazole rings is 1. The second-order valence-corrected chi connectivity index (χ2v) is 10.5. The summed E-state index contributed by atoms with van der Waals surface area (Å²) in [4.78, 5) is 3.92. The van der Waals surface area contributed by atoms with E-state index in [0.29, 0.717) is 22.1 Å². The average Bonchev–Trinajstić information content (AvgIpc) is 3.26. The van der Waals surface area contributed by atoms with Crippen LogP contribution < -0.4 is 9.47 Å². The maximum Gasteiger partial charge on any atom is 0.238 e. The largest absolute Gasteiger partial charge is 0.489 e. The maximum atomic E-state index is 11.5. The molecule has 3 aromatic rings. The van der Waals surface area contributed by atoms with Crippen molar-refractivity contribution in [2.24, 2.45) is 0 Å². The molecule has 0 radical (unpaired) electrons. The van der Waals surface area contributed by atoms with Crippen LogP contribution in [-0.2, 0) is 21.9 Å². The Morgan fingerprint density at radius 1 is 1.15 bits per heavy atom. The zero-order valence-corrected chi connectivity index (χ0v) is 20.6. The molecular weight excluding hydrogens is 487 g/mol. The SMILES string of the molecule is CC(C)(c1ccc(OCc2ncc(S(C)(=O)=O)o2)cc1)c1cc(Cl)c(OCCCl)c(C#N)c1. The number of benzene rings is 2. The lowest BCUT2D eigenvalue weighted by atomic mass is 9.77. The summed E-state index contributed by atoms with van der Waals surface area (Å²) in [5.41, 5.74) is 1.70. The molecular formula is C23H22Cl2N2O5S. The van der Waals surface area contributed by atoms with Gasteiger partial charge in [0.05, 0.1) is 22.7 Å². The molecule has 0 aliphatic heterocycles. The van der Waals surface area contributed by atoms with E-state index < -0.39 is 15.3 Å². The van der Waals surface area contributed by atoms with Crippen LogP contribution >= 0.6 is 23.2 Å². The van der Waals surface area contributed by atoms with Crippen LogP contribution in [0.3, 0.4) is 0 Å². The van der Waals surface area contributed by atoms with Crippen LogP contribution in [0.5, 0.6) is 11.5 Å². The molecule has 174 valence electrons. The molecule has 0 N–H and O–H groups in total. The lowest BCUT2D eigenvalue weighted by Crippen LogP contribution is -2.19. The minimum atomic E-state index is -3.46. The first-order chi connectivity index (χ1) is 15.6. The first kappa shape index (κ1) is 24.9. The third kappa shape index (κ3) is 5.80. The fraction of sp³-hybridized carbons (Fsp3) is 0.304. The van der Waals surface area contributed by atoms with Gasteiger partial charge in [0.25, 0.3) is 0 Å². The lowest BCUT2D eigenvalue weighted by molar-refractivity contribution is 0.251. The fourth-order valence-corrected chi connectivity index (χ4v) is 3.98. The molecule has 7 nitrogen and oxygen atoms in total. The Labute approximate surface area is 202 Å². The van der Waals surface area contributed by atoms with E-state index in [1.165, 1.54) is 0 Å². The van der Waals surface area contributed by atoms with Gasteiger partial charge >= 0.3 is 0 Å². The Kier molecular flexibility index (Phi) is 7.58. The summed E-state index contributed by atoms with van der Waals surface area (Å²) < 4.78 is 39.3. The van der Waals surface area contributed by atoms with E-state index >= 15 is 0 Å². The molecule has 0 saturated heterocycles. The average molecular weight is 509 g/mol. The van der Waals surface area contributed by atoms with Crippen molar-refractivity contribution in [2.45, 2.75) is 31.0 Å². The van der Waals surface area contributed by atoms with Crippen LogP contribution in [0.15, 0.2) is 52.1 Å². The van der Waals surface area contributed by atoms with Crippen LogP contribution in [0.25, 0.3) is 0 Å². The number of nitrogens with zero attached hydrogens (tertiary/aromatic N) is 2. The highest BCUT2D eigenvalue weighted by Gasteiger charge is 2.26. The summed E-state index contributed by atoms with van der Waals surface area (Å²) >= 11 is 12.1. The topological polar surface area (TPSA) is 102 Å². The molecule has 0 saturated carbocycles. The Morgan fingerprint density at radius 3 is 2.42 bits per heavy atom. The predicted octanol–water partition coefficient (Wildman–Crippen LogP) is 5.13. The van der Waals surface area contributed by atoms with E-state index in [9.17, 15) is 13.7 Å². The number of rotatable bonds is 9. The summed E-state index contributed by atoms with van der Waals surface area (Å²) in [6.07, 6.45) is 2.21. The molecule has 10 heteroatoms. The van der Waals surface area contributed by atoms with Crippen molar-refractivity contribution in [1.29, 1.82) is 5.26 Å². The van der Waals surface area contributed by atoms with Gasteiger partial charge in [0.2, 0.25) is 20.8 Å². The standard InChI is InChI=1S/C23H22Cl2N2O5S/c1-23(2,17-10-15(12-26)22(19(25)11-17)30-9-8-24)16-4-6-18(7-5-16)31-14-20-27-13-21(32-20)33(3,28)29/h4-7,10-11,13H,8-9,14H2,1-3H3. The summed E-state index contributed by atoms with van der Waals surface area (Å²) in [5, 5.41) is 9.70. The van der Waals surface area contributed by atoms with Crippen LogP contribution in [0.4, 0.5) is 0 Å². The number of alkyl halides is 1. The van der Waals surface area contributed by atoms with Crippen molar-refractivity contribution < 1.29 is 22.3 Å². The predicted molar refractivity (Wildman–Crippen MR) is 125 cm³/mol. The van der Waals surface area contributed by atoms with E-state index in [2.05, 4.69) is 11.1 Å². The second kappa shape index (κ2) is 10.0. The van der Waals surface area contributed by atoms with Gasteiger partial charge < -0.3 is 13.9 Å². The van der Waals surface area contributed by atoms with Gasteiger partial charge in [-0.2, -0.15) is 5.26 Å². The highest BCUT2D eigenvalue weighted by molar-refractivity contribution is 7.90. The van der Waals surface area contributed by atoms with Gasteiger partial charge in [-0.25, -0.2) is 13.4 Å². The Morgan fingerprint density at radius 2 is 1.85 bits per heavy atom. The molecule has 0 aliphatic rings.